The van der Waals surface area contributed by atoms with Gasteiger partial charge in [0.2, 0.25) is 0 Å². The first-order valence-electron chi connectivity index (χ1n) is 5.55. The molecule has 96 valence electrons. The Morgan fingerprint density at radius 3 is 2.76 bits per heavy atom. The van der Waals surface area contributed by atoms with Crippen molar-refractivity contribution in [2.45, 2.75) is 31.4 Å². The molecule has 0 aromatic heterocycles. The first-order chi connectivity index (χ1) is 8.00. The second-order valence-electron chi connectivity index (χ2n) is 4.33. The molecular formula is C12H19NO3S. The third-order valence-corrected chi connectivity index (χ3v) is 3.53. The normalized spacial score (nSPS) is 18.4. The zero-order chi connectivity index (χ0) is 12.9. The summed E-state index contributed by atoms with van der Waals surface area (Å²) in [6.45, 7) is 4.72. The van der Waals surface area contributed by atoms with E-state index >= 15 is 0 Å². The lowest BCUT2D eigenvalue weighted by atomic mass is 10.2. The number of carbonyl (C=O) groups excluding carboxylic acids is 1. The second-order valence-corrected chi connectivity index (χ2v) is 5.99. The van der Waals surface area contributed by atoms with Crippen LogP contribution < -0.4 is 0 Å². The van der Waals surface area contributed by atoms with E-state index in [1.165, 1.54) is 18.9 Å². The fourth-order valence-electron chi connectivity index (χ4n) is 1.45. The van der Waals surface area contributed by atoms with Crippen LogP contribution in [0.25, 0.3) is 0 Å². The van der Waals surface area contributed by atoms with Crippen molar-refractivity contribution in [2.75, 3.05) is 20.8 Å². The molecule has 0 aromatic rings. The Labute approximate surface area is 106 Å². The summed E-state index contributed by atoms with van der Waals surface area (Å²) in [5.74, 6) is -0.299. The molecule has 0 aromatic carbocycles. The van der Waals surface area contributed by atoms with Gasteiger partial charge in [-0.25, -0.2) is 4.79 Å². The average molecular weight is 257 g/mol. The van der Waals surface area contributed by atoms with Crippen LogP contribution >= 0.6 is 11.8 Å². The van der Waals surface area contributed by atoms with E-state index in [-0.39, 0.29) is 10.7 Å². The summed E-state index contributed by atoms with van der Waals surface area (Å²) in [7, 11) is 3.06. The van der Waals surface area contributed by atoms with E-state index in [1.807, 2.05) is 20.1 Å². The highest BCUT2D eigenvalue weighted by Gasteiger charge is 2.29. The largest absolute Gasteiger partial charge is 0.465 e. The highest BCUT2D eigenvalue weighted by Crippen LogP contribution is 2.38. The van der Waals surface area contributed by atoms with Crippen LogP contribution in [0, 0.1) is 0 Å². The number of carbonyl (C=O) groups is 1. The number of hydrogen-bond donors (Lipinski definition) is 0. The molecule has 17 heavy (non-hydrogen) atoms. The third-order valence-electron chi connectivity index (χ3n) is 2.29. The number of hydrogen-bond acceptors (Lipinski definition) is 5. The Morgan fingerprint density at radius 1 is 1.47 bits per heavy atom. The molecule has 0 bridgehead atoms. The van der Waals surface area contributed by atoms with Crippen molar-refractivity contribution in [2.24, 2.45) is 4.99 Å². The zero-order valence-corrected chi connectivity index (χ0v) is 11.6. The highest BCUT2D eigenvalue weighted by molar-refractivity contribution is 8.05. The van der Waals surface area contributed by atoms with Crippen LogP contribution in [0.1, 0.15) is 26.7 Å². The molecule has 0 aliphatic carbocycles. The van der Waals surface area contributed by atoms with Gasteiger partial charge in [0.15, 0.2) is 0 Å². The molecule has 0 N–H and O–H groups in total. The summed E-state index contributed by atoms with van der Waals surface area (Å²) >= 11 is 1.50. The van der Waals surface area contributed by atoms with E-state index in [2.05, 4.69) is 4.99 Å². The summed E-state index contributed by atoms with van der Waals surface area (Å²) in [4.78, 5) is 16.7. The van der Waals surface area contributed by atoms with E-state index in [1.54, 1.807) is 7.11 Å². The first-order valence-corrected chi connectivity index (χ1v) is 6.36. The van der Waals surface area contributed by atoms with E-state index in [4.69, 9.17) is 9.47 Å². The summed E-state index contributed by atoms with van der Waals surface area (Å²) in [5.41, 5.74) is 0.804. The van der Waals surface area contributed by atoms with Crippen LogP contribution in [0.5, 0.6) is 0 Å². The molecule has 1 heterocycles. The fraction of sp³-hybridized carbons (Fsp3) is 0.667. The van der Waals surface area contributed by atoms with Gasteiger partial charge in [0.1, 0.15) is 4.91 Å². The molecule has 0 amide bonds. The number of esters is 1. The lowest BCUT2D eigenvalue weighted by Crippen LogP contribution is -2.23. The van der Waals surface area contributed by atoms with Gasteiger partial charge in [-0.2, -0.15) is 0 Å². The van der Waals surface area contributed by atoms with E-state index in [9.17, 15) is 4.79 Å². The van der Waals surface area contributed by atoms with Crippen molar-refractivity contribution in [3.8, 4) is 0 Å². The van der Waals surface area contributed by atoms with E-state index in [0.29, 0.717) is 11.5 Å². The molecule has 0 saturated carbocycles. The number of thioether (sulfide) groups is 1. The van der Waals surface area contributed by atoms with Crippen molar-refractivity contribution < 1.29 is 14.3 Å². The maximum Gasteiger partial charge on any atom is 0.346 e. The molecule has 4 nitrogen and oxygen atoms in total. The molecule has 0 atom stereocenters. The Hall–Kier alpha value is -0.810. The molecule has 1 aliphatic heterocycles. The Morgan fingerprint density at radius 2 is 2.18 bits per heavy atom. The number of ether oxygens (including phenoxy) is 2. The zero-order valence-electron chi connectivity index (χ0n) is 10.8. The van der Waals surface area contributed by atoms with Gasteiger partial charge in [0.05, 0.1) is 17.6 Å². The number of allylic oxidation sites excluding steroid dienone is 1. The highest BCUT2D eigenvalue weighted by atomic mass is 32.2. The summed E-state index contributed by atoms with van der Waals surface area (Å²) < 4.78 is 9.64. The SMILES string of the molecule is COCCCC1=C(C(=O)OC)SC(C)(C)C=N1. The quantitative estimate of drug-likeness (QED) is 0.560. The lowest BCUT2D eigenvalue weighted by molar-refractivity contribution is -0.135. The van der Waals surface area contributed by atoms with Gasteiger partial charge in [-0.3, -0.25) is 4.99 Å². The van der Waals surface area contributed by atoms with Gasteiger partial charge < -0.3 is 9.47 Å². The van der Waals surface area contributed by atoms with Crippen LogP contribution in [0.15, 0.2) is 15.6 Å². The maximum atomic E-state index is 11.7. The lowest BCUT2D eigenvalue weighted by Gasteiger charge is -2.25. The predicted molar refractivity (Wildman–Crippen MR) is 70.3 cm³/mol. The van der Waals surface area contributed by atoms with E-state index < -0.39 is 0 Å². The number of rotatable bonds is 5. The van der Waals surface area contributed by atoms with Crippen molar-refractivity contribution in [3.63, 3.8) is 0 Å². The number of methoxy groups -OCH3 is 2. The van der Waals surface area contributed by atoms with Crippen molar-refractivity contribution in [3.05, 3.63) is 10.6 Å². The van der Waals surface area contributed by atoms with Crippen LogP contribution in [0.4, 0.5) is 0 Å². The minimum absolute atomic E-state index is 0.158. The summed E-state index contributed by atoms with van der Waals surface area (Å²) in [6, 6.07) is 0. The molecule has 0 spiro atoms. The van der Waals surface area contributed by atoms with Gasteiger partial charge in [-0.05, 0) is 26.7 Å². The third kappa shape index (κ3) is 4.16. The van der Waals surface area contributed by atoms with Crippen LogP contribution in [0.2, 0.25) is 0 Å². The smallest absolute Gasteiger partial charge is 0.346 e. The predicted octanol–water partition coefficient (Wildman–Crippen LogP) is 2.39. The van der Waals surface area contributed by atoms with Gasteiger partial charge in [0, 0.05) is 19.9 Å². The number of aliphatic imine (C=N–C) groups is 1. The molecule has 1 rings (SSSR count). The van der Waals surface area contributed by atoms with Gasteiger partial charge >= 0.3 is 5.97 Å². The van der Waals surface area contributed by atoms with Gasteiger partial charge in [-0.15, -0.1) is 11.8 Å². The monoisotopic (exact) mass is 257 g/mol. The average Bonchev–Trinajstić information content (AvgIpc) is 2.29. The van der Waals surface area contributed by atoms with Crippen LogP contribution in [-0.2, 0) is 14.3 Å². The molecule has 0 fully saturated rings. The minimum atomic E-state index is -0.299. The second kappa shape index (κ2) is 6.21. The fourth-order valence-corrected chi connectivity index (χ4v) is 2.53. The van der Waals surface area contributed by atoms with Crippen LogP contribution in [0.3, 0.4) is 0 Å². The molecular weight excluding hydrogens is 238 g/mol. The molecule has 0 radical (unpaired) electrons. The molecule has 5 heteroatoms. The van der Waals surface area contributed by atoms with Crippen molar-refractivity contribution in [1.82, 2.24) is 0 Å². The first kappa shape index (κ1) is 14.3. The Balaban J connectivity index is 2.82. The maximum absolute atomic E-state index is 11.7. The van der Waals surface area contributed by atoms with Crippen LogP contribution in [-0.4, -0.2) is 37.8 Å². The standard InChI is InChI=1S/C12H19NO3S/c1-12(2)8-13-9(6-5-7-15-3)10(17-12)11(14)16-4/h8H,5-7H2,1-4H3. The number of nitrogens with zero attached hydrogens (tertiary/aromatic N) is 1. The molecule has 1 aliphatic rings. The molecule has 0 saturated heterocycles. The molecule has 0 unspecified atom stereocenters. The Kier molecular flexibility index (Phi) is 5.21. The Bertz CT molecular complexity index is 348. The topological polar surface area (TPSA) is 47.9 Å². The van der Waals surface area contributed by atoms with Crippen molar-refractivity contribution >= 4 is 23.9 Å². The minimum Gasteiger partial charge on any atom is -0.465 e. The van der Waals surface area contributed by atoms with Gasteiger partial charge in [-0.1, -0.05) is 0 Å². The summed E-state index contributed by atoms with van der Waals surface area (Å²) in [6.07, 6.45) is 3.47. The van der Waals surface area contributed by atoms with Gasteiger partial charge in [0.25, 0.3) is 0 Å². The van der Waals surface area contributed by atoms with Crippen molar-refractivity contribution in [1.29, 1.82) is 0 Å². The van der Waals surface area contributed by atoms with E-state index in [0.717, 1.165) is 18.5 Å². The summed E-state index contributed by atoms with van der Waals surface area (Å²) in [5, 5.41) is 0.